The van der Waals surface area contributed by atoms with Gasteiger partial charge in [0.2, 0.25) is 5.91 Å². The third kappa shape index (κ3) is 4.90. The Morgan fingerprint density at radius 3 is 2.11 bits per heavy atom. The number of hydrogen-bond donors (Lipinski definition) is 1. The van der Waals surface area contributed by atoms with E-state index < -0.39 is 53.1 Å². The first-order valence-electron chi connectivity index (χ1n) is 8.93. The lowest BCUT2D eigenvalue weighted by Crippen LogP contribution is -2.69. The molecule has 0 aromatic rings. The van der Waals surface area contributed by atoms with Crippen LogP contribution < -0.4 is 0 Å². The fourth-order valence-corrected chi connectivity index (χ4v) is 3.47. The summed E-state index contributed by atoms with van der Waals surface area (Å²) < 4.78 is 10.6. The number of esters is 1. The van der Waals surface area contributed by atoms with Crippen LogP contribution in [0.1, 0.15) is 48.0 Å². The van der Waals surface area contributed by atoms with Crippen LogP contribution in [-0.4, -0.2) is 75.2 Å². The molecule has 2 heterocycles. The van der Waals surface area contributed by atoms with Crippen molar-refractivity contribution in [1.29, 1.82) is 0 Å². The molecule has 0 aromatic carbocycles. The molecule has 9 nitrogen and oxygen atoms in total. The van der Waals surface area contributed by atoms with E-state index in [1.54, 1.807) is 41.5 Å². The van der Waals surface area contributed by atoms with Crippen LogP contribution in [-0.2, 0) is 23.9 Å². The zero-order chi connectivity index (χ0) is 20.7. The van der Waals surface area contributed by atoms with Crippen LogP contribution in [0.25, 0.3) is 0 Å². The number of carbonyl (C=O) groups is 4. The number of amides is 2. The van der Waals surface area contributed by atoms with Crippen LogP contribution in [0, 0.1) is 5.92 Å². The Labute approximate surface area is 158 Å². The van der Waals surface area contributed by atoms with Crippen molar-refractivity contribution < 1.29 is 33.8 Å². The number of ether oxygens (including phenoxy) is 2. The minimum Gasteiger partial charge on any atom is -0.481 e. The van der Waals surface area contributed by atoms with E-state index in [4.69, 9.17) is 9.47 Å². The van der Waals surface area contributed by atoms with Gasteiger partial charge in [0.15, 0.2) is 0 Å². The number of carboxylic acids is 1. The summed E-state index contributed by atoms with van der Waals surface area (Å²) >= 11 is 0. The van der Waals surface area contributed by atoms with Gasteiger partial charge in [-0.05, 0) is 41.5 Å². The highest BCUT2D eigenvalue weighted by atomic mass is 16.6. The van der Waals surface area contributed by atoms with Crippen molar-refractivity contribution in [2.75, 3.05) is 13.1 Å². The minimum atomic E-state index is -1.03. The van der Waals surface area contributed by atoms with Crippen LogP contribution >= 0.6 is 0 Å². The van der Waals surface area contributed by atoms with E-state index in [9.17, 15) is 24.3 Å². The second-order valence-electron chi connectivity index (χ2n) is 8.98. The highest BCUT2D eigenvalue weighted by molar-refractivity contribution is 5.96. The van der Waals surface area contributed by atoms with Gasteiger partial charge >= 0.3 is 18.0 Å². The predicted molar refractivity (Wildman–Crippen MR) is 93.8 cm³/mol. The number of nitrogens with zero attached hydrogens (tertiary/aromatic N) is 2. The maximum absolute atomic E-state index is 12.6. The highest BCUT2D eigenvalue weighted by Crippen LogP contribution is 2.40. The van der Waals surface area contributed by atoms with E-state index in [1.165, 1.54) is 9.80 Å². The number of aliphatic carboxylic acids is 1. The summed E-state index contributed by atoms with van der Waals surface area (Å²) in [7, 11) is 0. The van der Waals surface area contributed by atoms with Crippen molar-refractivity contribution in [2.45, 2.75) is 71.2 Å². The Balaban J connectivity index is 2.15. The van der Waals surface area contributed by atoms with Gasteiger partial charge < -0.3 is 19.5 Å². The van der Waals surface area contributed by atoms with Crippen LogP contribution in [0.4, 0.5) is 4.79 Å². The van der Waals surface area contributed by atoms with Crippen LogP contribution in [0.2, 0.25) is 0 Å². The molecule has 152 valence electrons. The molecule has 3 atom stereocenters. The van der Waals surface area contributed by atoms with Crippen molar-refractivity contribution in [2.24, 2.45) is 5.92 Å². The van der Waals surface area contributed by atoms with Crippen molar-refractivity contribution in [3.63, 3.8) is 0 Å². The molecule has 0 saturated carbocycles. The van der Waals surface area contributed by atoms with Crippen molar-refractivity contribution in [3.05, 3.63) is 0 Å². The van der Waals surface area contributed by atoms with Gasteiger partial charge in [-0.3, -0.25) is 19.3 Å². The molecule has 2 saturated heterocycles. The van der Waals surface area contributed by atoms with Gasteiger partial charge in [-0.1, -0.05) is 0 Å². The molecule has 27 heavy (non-hydrogen) atoms. The molecule has 2 aliphatic heterocycles. The maximum Gasteiger partial charge on any atom is 0.411 e. The summed E-state index contributed by atoms with van der Waals surface area (Å²) in [5, 5.41) is 9.17. The third-order valence-electron chi connectivity index (χ3n) is 4.25. The maximum atomic E-state index is 12.6. The van der Waals surface area contributed by atoms with E-state index >= 15 is 0 Å². The molecule has 9 heteroatoms. The summed E-state index contributed by atoms with van der Waals surface area (Å²) in [6.45, 7) is 10.1. The molecule has 2 fully saturated rings. The summed E-state index contributed by atoms with van der Waals surface area (Å²) in [6, 6.07) is -1.33. The lowest BCUT2D eigenvalue weighted by molar-refractivity contribution is -0.169. The second kappa shape index (κ2) is 7.01. The minimum absolute atomic E-state index is 0.0904. The molecular weight excluding hydrogens is 356 g/mol. The molecule has 2 rings (SSSR count). The second-order valence-corrected chi connectivity index (χ2v) is 8.98. The van der Waals surface area contributed by atoms with Gasteiger partial charge in [-0.25, -0.2) is 4.79 Å². The highest BCUT2D eigenvalue weighted by Gasteiger charge is 2.61. The molecule has 0 bridgehead atoms. The average molecular weight is 384 g/mol. The molecule has 1 N–H and O–H groups in total. The molecule has 0 aliphatic carbocycles. The van der Waals surface area contributed by atoms with Crippen molar-refractivity contribution in [1.82, 2.24) is 9.80 Å². The molecule has 2 amide bonds. The standard InChI is InChI=1S/C18H28N2O7/c1-17(2,3)26-12(23)9-19-13-10(7-11(21)22)8-20(14(13)15(19)24)16(25)27-18(4,5)6/h10,13-14H,7-9H2,1-6H3,(H,21,22)/t10?,13-,14+/m1/s1. The van der Waals surface area contributed by atoms with E-state index in [-0.39, 0.29) is 19.5 Å². The van der Waals surface area contributed by atoms with Gasteiger partial charge in [0.25, 0.3) is 0 Å². The number of fused-ring (bicyclic) bond motifs is 1. The van der Waals surface area contributed by atoms with E-state index in [0.717, 1.165) is 0 Å². The smallest absolute Gasteiger partial charge is 0.411 e. The first-order valence-corrected chi connectivity index (χ1v) is 8.93. The molecule has 0 aromatic heterocycles. The Hall–Kier alpha value is -2.32. The third-order valence-corrected chi connectivity index (χ3v) is 4.25. The number of hydrogen-bond acceptors (Lipinski definition) is 6. The molecule has 2 aliphatic rings. The molecule has 0 spiro atoms. The van der Waals surface area contributed by atoms with Crippen molar-refractivity contribution >= 4 is 23.9 Å². The van der Waals surface area contributed by atoms with Gasteiger partial charge in [0.1, 0.15) is 23.8 Å². The number of rotatable bonds is 4. The fourth-order valence-electron chi connectivity index (χ4n) is 3.47. The SMILES string of the molecule is CC(C)(C)OC(=O)CN1C(=O)[C@@H]2[C@H]1C(CC(=O)O)CN2C(=O)OC(C)(C)C. The Morgan fingerprint density at radius 2 is 1.63 bits per heavy atom. The van der Waals surface area contributed by atoms with Crippen molar-refractivity contribution in [3.8, 4) is 0 Å². The first-order chi connectivity index (χ1) is 12.2. The van der Waals surface area contributed by atoms with Crippen LogP contribution in [0.15, 0.2) is 0 Å². The molecular formula is C18H28N2O7. The Kier molecular flexibility index (Phi) is 5.45. The van der Waals surface area contributed by atoms with Gasteiger partial charge in [-0.2, -0.15) is 0 Å². The monoisotopic (exact) mass is 384 g/mol. The topological polar surface area (TPSA) is 113 Å². The predicted octanol–water partition coefficient (Wildman–Crippen LogP) is 1.25. The number of carbonyl (C=O) groups excluding carboxylic acids is 3. The zero-order valence-corrected chi connectivity index (χ0v) is 16.6. The zero-order valence-electron chi connectivity index (χ0n) is 16.6. The summed E-state index contributed by atoms with van der Waals surface area (Å²) in [5.41, 5.74) is -1.43. The first kappa shape index (κ1) is 21.0. The lowest BCUT2D eigenvalue weighted by atomic mass is 9.86. The summed E-state index contributed by atoms with van der Waals surface area (Å²) in [5.74, 6) is -2.47. The Bertz CT molecular complexity index is 647. The largest absolute Gasteiger partial charge is 0.481 e. The van der Waals surface area contributed by atoms with E-state index in [1.807, 2.05) is 0 Å². The fraction of sp³-hybridized carbons (Fsp3) is 0.778. The summed E-state index contributed by atoms with van der Waals surface area (Å²) in [6.07, 6.45) is -0.867. The molecule has 1 unspecified atom stereocenters. The quantitative estimate of drug-likeness (QED) is 0.573. The summed E-state index contributed by atoms with van der Waals surface area (Å²) in [4.78, 5) is 50.9. The van der Waals surface area contributed by atoms with Crippen LogP contribution in [0.3, 0.4) is 0 Å². The van der Waals surface area contributed by atoms with E-state index in [0.29, 0.717) is 0 Å². The number of likely N-dealkylation sites (tertiary alicyclic amines) is 2. The van der Waals surface area contributed by atoms with Gasteiger partial charge in [-0.15, -0.1) is 0 Å². The molecule has 0 radical (unpaired) electrons. The van der Waals surface area contributed by atoms with Crippen LogP contribution in [0.5, 0.6) is 0 Å². The van der Waals surface area contributed by atoms with Gasteiger partial charge in [0, 0.05) is 12.5 Å². The van der Waals surface area contributed by atoms with Gasteiger partial charge in [0.05, 0.1) is 12.5 Å². The normalized spacial score (nSPS) is 25.0. The lowest BCUT2D eigenvalue weighted by Gasteiger charge is -2.46. The Morgan fingerprint density at radius 1 is 1.07 bits per heavy atom. The average Bonchev–Trinajstić information content (AvgIpc) is 2.75. The number of β-lactam (4-membered cyclic amide) rings is 1. The number of carboxylic acid groups (broad SMARTS) is 1. The van der Waals surface area contributed by atoms with E-state index in [2.05, 4.69) is 0 Å².